The second kappa shape index (κ2) is 7.51. The Balaban J connectivity index is 3.04. The predicted molar refractivity (Wildman–Crippen MR) is 79.1 cm³/mol. The number of hydrogen-bond acceptors (Lipinski definition) is 4. The van der Waals surface area contributed by atoms with E-state index in [0.29, 0.717) is 0 Å². The minimum atomic E-state index is -4.79. The van der Waals surface area contributed by atoms with E-state index < -0.39 is 40.5 Å². The first-order valence-corrected chi connectivity index (χ1v) is 8.30. The van der Waals surface area contributed by atoms with Crippen LogP contribution in [-0.2, 0) is 14.8 Å². The van der Waals surface area contributed by atoms with E-state index in [4.69, 9.17) is 5.11 Å². The molecule has 0 bridgehead atoms. The molecule has 24 heavy (non-hydrogen) atoms. The number of alkyl halides is 3. The number of halogens is 3. The molecule has 0 fully saturated rings. The minimum absolute atomic E-state index is 0.159. The van der Waals surface area contributed by atoms with Gasteiger partial charge in [-0.25, -0.2) is 13.2 Å². The molecule has 1 aromatic rings. The number of hydrogen-bond donors (Lipinski definition) is 3. The standard InChI is InChI=1S/C13H15F3N2O5S/c1-2-24(22,23)18-9-6-4-3-5-8(9)11(19)17-10(12(20)21)7-13(14,15)16/h3-6,10,18H,2,7H2,1H3,(H,17,19)(H,20,21). The van der Waals surface area contributed by atoms with Gasteiger partial charge in [-0.05, 0) is 19.1 Å². The number of nitrogens with one attached hydrogen (secondary N) is 2. The third kappa shape index (κ3) is 6.07. The van der Waals surface area contributed by atoms with Gasteiger partial charge in [0.1, 0.15) is 6.04 Å². The summed E-state index contributed by atoms with van der Waals surface area (Å²) in [6.07, 6.45) is -6.55. The van der Waals surface area contributed by atoms with E-state index in [1.165, 1.54) is 25.1 Å². The zero-order chi connectivity index (χ0) is 18.5. The second-order valence-corrected chi connectivity index (χ2v) is 6.75. The van der Waals surface area contributed by atoms with Gasteiger partial charge in [0.2, 0.25) is 10.0 Å². The fourth-order valence-electron chi connectivity index (χ4n) is 1.68. The van der Waals surface area contributed by atoms with Gasteiger partial charge in [0.05, 0.1) is 23.4 Å². The van der Waals surface area contributed by atoms with Crippen LogP contribution in [0.15, 0.2) is 24.3 Å². The summed E-state index contributed by atoms with van der Waals surface area (Å²) in [5.41, 5.74) is -0.448. The number of sulfonamides is 1. The molecule has 0 aromatic heterocycles. The zero-order valence-electron chi connectivity index (χ0n) is 12.4. The van der Waals surface area contributed by atoms with E-state index in [0.717, 1.165) is 6.07 Å². The van der Waals surface area contributed by atoms with Gasteiger partial charge in [-0.2, -0.15) is 13.2 Å². The third-order valence-corrected chi connectivity index (χ3v) is 4.15. The van der Waals surface area contributed by atoms with Crippen molar-refractivity contribution in [3.8, 4) is 0 Å². The fourth-order valence-corrected chi connectivity index (χ4v) is 2.33. The fraction of sp³-hybridized carbons (Fsp3) is 0.385. The normalized spacial score (nSPS) is 13.2. The number of anilines is 1. The summed E-state index contributed by atoms with van der Waals surface area (Å²) in [5.74, 6) is -3.28. The van der Waals surface area contributed by atoms with Crippen molar-refractivity contribution in [1.29, 1.82) is 0 Å². The summed E-state index contributed by atoms with van der Waals surface area (Å²) in [4.78, 5) is 22.9. The zero-order valence-corrected chi connectivity index (χ0v) is 13.2. The average Bonchev–Trinajstić information content (AvgIpc) is 2.45. The SMILES string of the molecule is CCS(=O)(=O)Nc1ccccc1C(=O)NC(CC(F)(F)F)C(=O)O. The number of aliphatic carboxylic acids is 1. The molecule has 7 nitrogen and oxygen atoms in total. The molecule has 3 N–H and O–H groups in total. The Kier molecular flexibility index (Phi) is 6.18. The number of carbonyl (C=O) groups excluding carboxylic acids is 1. The van der Waals surface area contributed by atoms with E-state index in [1.54, 1.807) is 5.32 Å². The van der Waals surface area contributed by atoms with Crippen molar-refractivity contribution in [3.63, 3.8) is 0 Å². The molecule has 134 valence electrons. The van der Waals surface area contributed by atoms with Crippen molar-refractivity contribution in [2.75, 3.05) is 10.5 Å². The van der Waals surface area contributed by atoms with Crippen LogP contribution in [0.25, 0.3) is 0 Å². The van der Waals surface area contributed by atoms with Crippen molar-refractivity contribution < 1.29 is 36.3 Å². The van der Waals surface area contributed by atoms with E-state index in [1.807, 2.05) is 0 Å². The lowest BCUT2D eigenvalue weighted by atomic mass is 10.1. The number of carboxylic acids is 1. The molecule has 0 saturated carbocycles. The smallest absolute Gasteiger partial charge is 0.391 e. The van der Waals surface area contributed by atoms with E-state index >= 15 is 0 Å². The van der Waals surface area contributed by atoms with E-state index in [2.05, 4.69) is 4.72 Å². The Bertz CT molecular complexity index is 719. The highest BCUT2D eigenvalue weighted by Crippen LogP contribution is 2.22. The number of rotatable bonds is 7. The van der Waals surface area contributed by atoms with Crippen LogP contribution in [0.4, 0.5) is 18.9 Å². The maximum atomic E-state index is 12.4. The van der Waals surface area contributed by atoms with Gasteiger partial charge < -0.3 is 10.4 Å². The first kappa shape index (κ1) is 19.7. The molecule has 1 unspecified atom stereocenters. The first-order chi connectivity index (χ1) is 10.9. The van der Waals surface area contributed by atoms with Crippen LogP contribution in [0.5, 0.6) is 0 Å². The van der Waals surface area contributed by atoms with Crippen molar-refractivity contribution in [2.45, 2.75) is 25.6 Å². The van der Waals surface area contributed by atoms with Crippen LogP contribution in [0.1, 0.15) is 23.7 Å². The molecule has 1 atom stereocenters. The lowest BCUT2D eigenvalue weighted by Crippen LogP contribution is -2.43. The number of amides is 1. The summed E-state index contributed by atoms with van der Waals surface area (Å²) in [6, 6.07) is 2.98. The Morgan fingerprint density at radius 1 is 1.25 bits per heavy atom. The topological polar surface area (TPSA) is 113 Å². The van der Waals surface area contributed by atoms with Gasteiger partial charge in [0, 0.05) is 0 Å². The van der Waals surface area contributed by atoms with Gasteiger partial charge in [0.15, 0.2) is 0 Å². The molecule has 0 heterocycles. The van der Waals surface area contributed by atoms with Crippen molar-refractivity contribution in [2.24, 2.45) is 0 Å². The summed E-state index contributed by atoms with van der Waals surface area (Å²) in [7, 11) is -3.73. The second-order valence-electron chi connectivity index (χ2n) is 4.73. The first-order valence-electron chi connectivity index (χ1n) is 6.65. The molecule has 0 radical (unpaired) electrons. The average molecular weight is 368 g/mol. The molecule has 11 heteroatoms. The largest absolute Gasteiger partial charge is 0.480 e. The monoisotopic (exact) mass is 368 g/mol. The maximum absolute atomic E-state index is 12.4. The Morgan fingerprint density at radius 2 is 1.83 bits per heavy atom. The Morgan fingerprint density at radius 3 is 2.33 bits per heavy atom. The molecule has 1 aromatic carbocycles. The van der Waals surface area contributed by atoms with E-state index in [9.17, 15) is 31.2 Å². The molecule has 0 aliphatic heterocycles. The number of para-hydroxylation sites is 1. The van der Waals surface area contributed by atoms with E-state index in [-0.39, 0.29) is 17.0 Å². The van der Waals surface area contributed by atoms with Crippen molar-refractivity contribution in [3.05, 3.63) is 29.8 Å². The van der Waals surface area contributed by atoms with Gasteiger partial charge in [-0.3, -0.25) is 9.52 Å². The number of carboxylic acid groups (broad SMARTS) is 1. The third-order valence-electron chi connectivity index (χ3n) is 2.86. The number of benzene rings is 1. The van der Waals surface area contributed by atoms with Crippen molar-refractivity contribution in [1.82, 2.24) is 5.32 Å². The highest BCUT2D eigenvalue weighted by Gasteiger charge is 2.36. The van der Waals surface area contributed by atoms with Crippen LogP contribution in [0, 0.1) is 0 Å². The van der Waals surface area contributed by atoms with Gasteiger partial charge >= 0.3 is 12.1 Å². The summed E-state index contributed by atoms with van der Waals surface area (Å²) in [6.45, 7) is 1.36. The molecular formula is C13H15F3N2O5S. The lowest BCUT2D eigenvalue weighted by molar-refractivity contribution is -0.157. The van der Waals surface area contributed by atoms with Gasteiger partial charge in [0.25, 0.3) is 5.91 Å². The van der Waals surface area contributed by atoms with Crippen LogP contribution < -0.4 is 10.0 Å². The molecule has 0 saturated heterocycles. The van der Waals surface area contributed by atoms with Crippen LogP contribution in [-0.4, -0.2) is 43.4 Å². The molecule has 0 aliphatic carbocycles. The van der Waals surface area contributed by atoms with Gasteiger partial charge in [-0.15, -0.1) is 0 Å². The highest BCUT2D eigenvalue weighted by atomic mass is 32.2. The molecule has 0 spiro atoms. The van der Waals surface area contributed by atoms with Crippen LogP contribution >= 0.6 is 0 Å². The van der Waals surface area contributed by atoms with Crippen LogP contribution in [0.2, 0.25) is 0 Å². The number of carbonyl (C=O) groups is 2. The quantitative estimate of drug-likeness (QED) is 0.676. The minimum Gasteiger partial charge on any atom is -0.480 e. The molecule has 1 amide bonds. The Labute approximate surface area is 135 Å². The summed E-state index contributed by atoms with van der Waals surface area (Å²) in [5, 5.41) is 10.5. The van der Waals surface area contributed by atoms with Crippen molar-refractivity contribution >= 4 is 27.6 Å². The summed E-state index contributed by atoms with van der Waals surface area (Å²) < 4.78 is 62.3. The molecule has 0 aliphatic rings. The van der Waals surface area contributed by atoms with Gasteiger partial charge in [-0.1, -0.05) is 12.1 Å². The molecular weight excluding hydrogens is 353 g/mol. The summed E-state index contributed by atoms with van der Waals surface area (Å²) >= 11 is 0. The Hall–Kier alpha value is -2.30. The van der Waals surface area contributed by atoms with Crippen LogP contribution in [0.3, 0.4) is 0 Å². The highest BCUT2D eigenvalue weighted by molar-refractivity contribution is 7.92. The lowest BCUT2D eigenvalue weighted by Gasteiger charge is -2.17. The maximum Gasteiger partial charge on any atom is 0.391 e. The molecule has 1 rings (SSSR count). The predicted octanol–water partition coefficient (Wildman–Crippen LogP) is 1.58.